The van der Waals surface area contributed by atoms with E-state index in [4.69, 9.17) is 15.2 Å². The molecule has 20 heavy (non-hydrogen) atoms. The quantitative estimate of drug-likeness (QED) is 0.876. The van der Waals surface area contributed by atoms with Crippen LogP contribution in [0.1, 0.15) is 19.7 Å². The van der Waals surface area contributed by atoms with Gasteiger partial charge >= 0.3 is 0 Å². The number of nitrogens with two attached hydrogens (primary N) is 1. The van der Waals surface area contributed by atoms with Gasteiger partial charge in [-0.2, -0.15) is 0 Å². The topological polar surface area (TPSA) is 70.3 Å². The van der Waals surface area contributed by atoms with Crippen molar-refractivity contribution in [1.82, 2.24) is 9.97 Å². The summed E-state index contributed by atoms with van der Waals surface area (Å²) in [5.41, 5.74) is 7.57. The molecule has 0 aliphatic heterocycles. The van der Waals surface area contributed by atoms with Crippen LogP contribution in [0.3, 0.4) is 0 Å². The Hall–Kier alpha value is -2.14. The molecule has 0 aliphatic carbocycles. The molecule has 5 heteroatoms. The van der Waals surface area contributed by atoms with Crippen LogP contribution in [-0.4, -0.2) is 23.2 Å². The predicted molar refractivity (Wildman–Crippen MR) is 78.4 cm³/mol. The summed E-state index contributed by atoms with van der Waals surface area (Å²) in [5.74, 6) is 1.88. The van der Waals surface area contributed by atoms with Crippen LogP contribution in [-0.2, 0) is 11.3 Å². The smallest absolute Gasteiger partial charge is 0.157 e. The summed E-state index contributed by atoms with van der Waals surface area (Å²) >= 11 is 0. The van der Waals surface area contributed by atoms with E-state index in [9.17, 15) is 0 Å². The molecule has 0 amide bonds. The highest BCUT2D eigenvalue weighted by Gasteiger charge is 2.05. The largest absolute Gasteiger partial charge is 0.494 e. The highest BCUT2D eigenvalue weighted by molar-refractivity contribution is 5.62. The molecule has 2 aromatic rings. The number of hydrogen-bond acceptors (Lipinski definition) is 5. The Morgan fingerprint density at radius 1 is 1.05 bits per heavy atom. The summed E-state index contributed by atoms with van der Waals surface area (Å²) in [6.07, 6.45) is 0. The average Bonchev–Trinajstić information content (AvgIpc) is 2.46. The first-order chi connectivity index (χ1) is 9.72. The zero-order valence-electron chi connectivity index (χ0n) is 11.8. The minimum Gasteiger partial charge on any atom is -0.494 e. The van der Waals surface area contributed by atoms with Gasteiger partial charge in [-0.1, -0.05) is 0 Å². The molecule has 1 heterocycles. The second kappa shape index (κ2) is 6.86. The highest BCUT2D eigenvalue weighted by atomic mass is 16.5. The van der Waals surface area contributed by atoms with E-state index in [1.165, 1.54) is 0 Å². The first kappa shape index (κ1) is 14.3. The third-order valence-corrected chi connectivity index (χ3v) is 2.69. The number of hydrogen-bond donors (Lipinski definition) is 1. The Balaban J connectivity index is 2.24. The van der Waals surface area contributed by atoms with Crippen molar-refractivity contribution in [3.05, 3.63) is 36.2 Å². The molecular formula is C15H19N3O2. The van der Waals surface area contributed by atoms with Gasteiger partial charge in [0, 0.05) is 18.2 Å². The van der Waals surface area contributed by atoms with Gasteiger partial charge in [-0.15, -0.1) is 0 Å². The zero-order chi connectivity index (χ0) is 14.4. The molecular weight excluding hydrogens is 254 g/mol. The number of nitrogens with zero attached hydrogens (tertiary/aromatic N) is 2. The van der Waals surface area contributed by atoms with Gasteiger partial charge in [-0.05, 0) is 38.1 Å². The Morgan fingerprint density at radius 2 is 1.80 bits per heavy atom. The van der Waals surface area contributed by atoms with Gasteiger partial charge in [0.25, 0.3) is 0 Å². The molecule has 106 valence electrons. The first-order valence-electron chi connectivity index (χ1n) is 6.67. The van der Waals surface area contributed by atoms with Crippen LogP contribution >= 0.6 is 0 Å². The maximum atomic E-state index is 5.81. The standard InChI is InChI=1S/C15H19N3O2/c1-3-19-10-15-17-13(9-14(16)18-15)11-5-7-12(8-6-11)20-4-2/h5-9H,3-4,10H2,1-2H3,(H2,16,17,18). The van der Waals surface area contributed by atoms with E-state index in [0.29, 0.717) is 31.5 Å². The normalized spacial score (nSPS) is 10.5. The van der Waals surface area contributed by atoms with Crippen LogP contribution in [0.2, 0.25) is 0 Å². The molecule has 0 radical (unpaired) electrons. The lowest BCUT2D eigenvalue weighted by molar-refractivity contribution is 0.128. The molecule has 0 atom stereocenters. The van der Waals surface area contributed by atoms with E-state index < -0.39 is 0 Å². The van der Waals surface area contributed by atoms with E-state index in [2.05, 4.69) is 9.97 Å². The van der Waals surface area contributed by atoms with E-state index >= 15 is 0 Å². The lowest BCUT2D eigenvalue weighted by Gasteiger charge is -2.07. The molecule has 5 nitrogen and oxygen atoms in total. The third kappa shape index (κ3) is 3.68. The molecule has 0 fully saturated rings. The van der Waals surface area contributed by atoms with Gasteiger partial charge in [-0.25, -0.2) is 9.97 Å². The summed E-state index contributed by atoms with van der Waals surface area (Å²) in [6.45, 7) is 5.53. The fraction of sp³-hybridized carbons (Fsp3) is 0.333. The zero-order valence-corrected chi connectivity index (χ0v) is 11.8. The Morgan fingerprint density at radius 3 is 2.45 bits per heavy atom. The number of nitrogen functional groups attached to an aromatic ring is 1. The van der Waals surface area contributed by atoms with E-state index in [-0.39, 0.29) is 0 Å². The molecule has 0 saturated carbocycles. The van der Waals surface area contributed by atoms with Crippen LogP contribution in [0, 0.1) is 0 Å². The molecule has 1 aromatic carbocycles. The number of rotatable bonds is 6. The third-order valence-electron chi connectivity index (χ3n) is 2.69. The monoisotopic (exact) mass is 273 g/mol. The van der Waals surface area contributed by atoms with Gasteiger partial charge in [-0.3, -0.25) is 0 Å². The van der Waals surface area contributed by atoms with E-state index in [1.54, 1.807) is 6.07 Å². The van der Waals surface area contributed by atoms with Crippen molar-refractivity contribution in [2.75, 3.05) is 18.9 Å². The van der Waals surface area contributed by atoms with Crippen molar-refractivity contribution in [2.24, 2.45) is 0 Å². The second-order valence-corrected chi connectivity index (χ2v) is 4.19. The Labute approximate surface area is 118 Å². The fourth-order valence-electron chi connectivity index (χ4n) is 1.81. The summed E-state index contributed by atoms with van der Waals surface area (Å²) in [7, 11) is 0. The number of aromatic nitrogens is 2. The van der Waals surface area contributed by atoms with Crippen molar-refractivity contribution < 1.29 is 9.47 Å². The minimum absolute atomic E-state index is 0.367. The van der Waals surface area contributed by atoms with Crippen molar-refractivity contribution in [1.29, 1.82) is 0 Å². The number of ether oxygens (including phenoxy) is 2. The Bertz CT molecular complexity index is 556. The van der Waals surface area contributed by atoms with E-state index in [1.807, 2.05) is 38.1 Å². The van der Waals surface area contributed by atoms with Crippen LogP contribution in [0.5, 0.6) is 5.75 Å². The molecule has 0 aliphatic rings. The van der Waals surface area contributed by atoms with E-state index in [0.717, 1.165) is 17.0 Å². The van der Waals surface area contributed by atoms with Gasteiger partial charge < -0.3 is 15.2 Å². The van der Waals surface area contributed by atoms with Gasteiger partial charge in [0.15, 0.2) is 5.82 Å². The summed E-state index contributed by atoms with van der Waals surface area (Å²) < 4.78 is 10.7. The number of anilines is 1. The average molecular weight is 273 g/mol. The Kier molecular flexibility index (Phi) is 4.90. The van der Waals surface area contributed by atoms with Crippen LogP contribution in [0.25, 0.3) is 11.3 Å². The predicted octanol–water partition coefficient (Wildman–Crippen LogP) is 2.66. The molecule has 2 N–H and O–H groups in total. The van der Waals surface area contributed by atoms with Crippen LogP contribution < -0.4 is 10.5 Å². The summed E-state index contributed by atoms with van der Waals surface area (Å²) in [4.78, 5) is 8.62. The van der Waals surface area contributed by atoms with Crippen molar-refractivity contribution in [2.45, 2.75) is 20.5 Å². The fourth-order valence-corrected chi connectivity index (χ4v) is 1.81. The van der Waals surface area contributed by atoms with Gasteiger partial charge in [0.05, 0.1) is 12.3 Å². The maximum absolute atomic E-state index is 5.81. The number of benzene rings is 1. The SMILES string of the molecule is CCOCc1nc(N)cc(-c2ccc(OCC)cc2)n1. The highest BCUT2D eigenvalue weighted by Crippen LogP contribution is 2.22. The molecule has 0 spiro atoms. The molecule has 1 aromatic heterocycles. The molecule has 0 unspecified atom stereocenters. The van der Waals surface area contributed by atoms with Crippen LogP contribution in [0.4, 0.5) is 5.82 Å². The van der Waals surface area contributed by atoms with Crippen molar-refractivity contribution in [3.8, 4) is 17.0 Å². The molecule has 0 saturated heterocycles. The van der Waals surface area contributed by atoms with Crippen molar-refractivity contribution >= 4 is 5.82 Å². The molecule has 0 bridgehead atoms. The van der Waals surface area contributed by atoms with Gasteiger partial charge in [0.2, 0.25) is 0 Å². The van der Waals surface area contributed by atoms with Crippen molar-refractivity contribution in [3.63, 3.8) is 0 Å². The maximum Gasteiger partial charge on any atom is 0.157 e. The first-order valence-corrected chi connectivity index (χ1v) is 6.67. The van der Waals surface area contributed by atoms with Gasteiger partial charge in [0.1, 0.15) is 18.2 Å². The summed E-state index contributed by atoms with van der Waals surface area (Å²) in [5, 5.41) is 0. The molecule has 2 rings (SSSR count). The second-order valence-electron chi connectivity index (χ2n) is 4.19. The lowest BCUT2D eigenvalue weighted by Crippen LogP contribution is -2.03. The van der Waals surface area contributed by atoms with Crippen LogP contribution in [0.15, 0.2) is 30.3 Å². The lowest BCUT2D eigenvalue weighted by atomic mass is 10.1. The summed E-state index contributed by atoms with van der Waals surface area (Å²) in [6, 6.07) is 9.50. The minimum atomic E-state index is 0.367.